The Morgan fingerprint density at radius 2 is 2.47 bits per heavy atom. The maximum Gasteiger partial charge on any atom is 0.121 e. The number of thiophene rings is 1. The molecular formula is C13H17N3S. The van der Waals surface area contributed by atoms with Crippen molar-refractivity contribution in [3.8, 4) is 6.07 Å². The summed E-state index contributed by atoms with van der Waals surface area (Å²) in [5, 5.41) is 15.0. The highest BCUT2D eigenvalue weighted by molar-refractivity contribution is 7.09. The molecule has 0 bridgehead atoms. The third kappa shape index (κ3) is 2.37. The van der Waals surface area contributed by atoms with Crippen molar-refractivity contribution >= 4 is 11.3 Å². The molecular weight excluding hydrogens is 230 g/mol. The summed E-state index contributed by atoms with van der Waals surface area (Å²) in [7, 11) is 0. The second kappa shape index (κ2) is 4.41. The number of likely N-dealkylation sites (tertiary alicyclic amines) is 1. The predicted molar refractivity (Wildman–Crippen MR) is 68.7 cm³/mol. The Morgan fingerprint density at radius 1 is 1.59 bits per heavy atom. The molecule has 4 heteroatoms. The van der Waals surface area contributed by atoms with Gasteiger partial charge in [-0.15, -0.1) is 11.3 Å². The second-order valence-electron chi connectivity index (χ2n) is 5.08. The molecule has 0 amide bonds. The van der Waals surface area contributed by atoms with E-state index in [0.29, 0.717) is 0 Å². The molecule has 90 valence electrons. The molecule has 3 nitrogen and oxygen atoms in total. The van der Waals surface area contributed by atoms with Crippen LogP contribution in [-0.4, -0.2) is 29.6 Å². The first-order chi connectivity index (χ1) is 8.31. The van der Waals surface area contributed by atoms with Crippen LogP contribution >= 0.6 is 11.3 Å². The second-order valence-corrected chi connectivity index (χ2v) is 6.11. The Labute approximate surface area is 106 Å². The number of rotatable bonds is 4. The van der Waals surface area contributed by atoms with E-state index >= 15 is 0 Å². The SMILES string of the molecule is N#CC1(NCc2cccs2)CCN(C2CC2)C1. The van der Waals surface area contributed by atoms with E-state index in [4.69, 9.17) is 0 Å². The lowest BCUT2D eigenvalue weighted by molar-refractivity contribution is 0.301. The van der Waals surface area contributed by atoms with Gasteiger partial charge in [0.1, 0.15) is 5.54 Å². The average Bonchev–Trinajstić information content (AvgIpc) is 2.93. The fourth-order valence-corrected chi connectivity index (χ4v) is 3.18. The van der Waals surface area contributed by atoms with Gasteiger partial charge in [0.2, 0.25) is 0 Å². The van der Waals surface area contributed by atoms with Gasteiger partial charge in [-0.1, -0.05) is 6.07 Å². The van der Waals surface area contributed by atoms with Gasteiger partial charge in [0.25, 0.3) is 0 Å². The normalized spacial score (nSPS) is 29.4. The summed E-state index contributed by atoms with van der Waals surface area (Å²) >= 11 is 1.75. The summed E-state index contributed by atoms with van der Waals surface area (Å²) < 4.78 is 0. The van der Waals surface area contributed by atoms with Crippen LogP contribution in [0.5, 0.6) is 0 Å². The lowest BCUT2D eigenvalue weighted by atomic mass is 10.0. The highest BCUT2D eigenvalue weighted by Gasteiger charge is 2.43. The van der Waals surface area contributed by atoms with E-state index in [-0.39, 0.29) is 5.54 Å². The quantitative estimate of drug-likeness (QED) is 0.884. The van der Waals surface area contributed by atoms with Crippen molar-refractivity contribution < 1.29 is 0 Å². The van der Waals surface area contributed by atoms with Crippen LogP contribution in [0, 0.1) is 11.3 Å². The molecule has 2 aliphatic rings. The molecule has 1 atom stereocenters. The van der Waals surface area contributed by atoms with Crippen LogP contribution in [0.2, 0.25) is 0 Å². The minimum atomic E-state index is -0.313. The molecule has 0 spiro atoms. The predicted octanol–water partition coefficient (Wildman–Crippen LogP) is 1.97. The summed E-state index contributed by atoms with van der Waals surface area (Å²) in [6.07, 6.45) is 3.62. The van der Waals surface area contributed by atoms with Crippen molar-refractivity contribution in [3.05, 3.63) is 22.4 Å². The molecule has 2 heterocycles. The Hall–Kier alpha value is -0.890. The van der Waals surface area contributed by atoms with Crippen molar-refractivity contribution in [1.82, 2.24) is 10.2 Å². The standard InChI is InChI=1S/C13H17N3S/c14-9-13(15-8-12-2-1-7-17-12)5-6-16(10-13)11-3-4-11/h1-2,7,11,15H,3-6,8,10H2. The molecule has 1 saturated heterocycles. The van der Waals surface area contributed by atoms with Gasteiger partial charge in [-0.3, -0.25) is 10.2 Å². The average molecular weight is 247 g/mol. The summed E-state index contributed by atoms with van der Waals surface area (Å²) in [4.78, 5) is 3.79. The van der Waals surface area contributed by atoms with E-state index in [1.54, 1.807) is 11.3 Å². The topological polar surface area (TPSA) is 39.1 Å². The number of nitrogens with one attached hydrogen (secondary N) is 1. The van der Waals surface area contributed by atoms with Gasteiger partial charge in [-0.25, -0.2) is 0 Å². The molecule has 1 aromatic heterocycles. The smallest absolute Gasteiger partial charge is 0.121 e. The molecule has 1 aliphatic carbocycles. The molecule has 17 heavy (non-hydrogen) atoms. The molecule has 0 radical (unpaired) electrons. The van der Waals surface area contributed by atoms with E-state index in [0.717, 1.165) is 32.1 Å². The number of hydrogen-bond donors (Lipinski definition) is 1. The number of hydrogen-bond acceptors (Lipinski definition) is 4. The summed E-state index contributed by atoms with van der Waals surface area (Å²) in [5.74, 6) is 0. The lowest BCUT2D eigenvalue weighted by Gasteiger charge is -2.23. The van der Waals surface area contributed by atoms with Crippen LogP contribution in [-0.2, 0) is 6.54 Å². The van der Waals surface area contributed by atoms with Gasteiger partial charge >= 0.3 is 0 Å². The van der Waals surface area contributed by atoms with E-state index < -0.39 is 0 Å². The third-order valence-electron chi connectivity index (χ3n) is 3.76. The summed E-state index contributed by atoms with van der Waals surface area (Å²) in [6, 6.07) is 7.46. The first-order valence-corrected chi connectivity index (χ1v) is 7.12. The summed E-state index contributed by atoms with van der Waals surface area (Å²) in [6.45, 7) is 2.80. The van der Waals surface area contributed by atoms with Gasteiger partial charge in [0.05, 0.1) is 6.07 Å². The molecule has 1 aliphatic heterocycles. The van der Waals surface area contributed by atoms with Crippen LogP contribution in [0.1, 0.15) is 24.1 Å². The first kappa shape index (κ1) is 11.2. The van der Waals surface area contributed by atoms with Gasteiger partial charge in [0.15, 0.2) is 0 Å². The largest absolute Gasteiger partial charge is 0.297 e. The molecule has 1 saturated carbocycles. The van der Waals surface area contributed by atoms with E-state index in [1.165, 1.54) is 17.7 Å². The zero-order valence-corrected chi connectivity index (χ0v) is 10.7. The number of nitrogens with zero attached hydrogens (tertiary/aromatic N) is 2. The fourth-order valence-electron chi connectivity index (χ4n) is 2.54. The highest BCUT2D eigenvalue weighted by Crippen LogP contribution is 2.33. The van der Waals surface area contributed by atoms with Crippen molar-refractivity contribution in [3.63, 3.8) is 0 Å². The van der Waals surface area contributed by atoms with Gasteiger partial charge in [-0.05, 0) is 30.7 Å². The molecule has 1 aromatic rings. The zero-order valence-electron chi connectivity index (χ0n) is 9.85. The van der Waals surface area contributed by atoms with E-state index in [2.05, 4.69) is 33.8 Å². The molecule has 2 fully saturated rings. The number of nitriles is 1. The van der Waals surface area contributed by atoms with Crippen LogP contribution in [0.15, 0.2) is 17.5 Å². The maximum atomic E-state index is 9.43. The van der Waals surface area contributed by atoms with Crippen molar-refractivity contribution in [2.75, 3.05) is 13.1 Å². The van der Waals surface area contributed by atoms with Gasteiger partial charge in [0, 0.05) is 30.6 Å². The van der Waals surface area contributed by atoms with Crippen LogP contribution < -0.4 is 5.32 Å². The highest BCUT2D eigenvalue weighted by atomic mass is 32.1. The van der Waals surface area contributed by atoms with Crippen LogP contribution in [0.4, 0.5) is 0 Å². The minimum absolute atomic E-state index is 0.313. The van der Waals surface area contributed by atoms with Crippen molar-refractivity contribution in [2.24, 2.45) is 0 Å². The third-order valence-corrected chi connectivity index (χ3v) is 4.63. The molecule has 3 rings (SSSR count). The Balaban J connectivity index is 1.61. The Kier molecular flexibility index (Phi) is 2.91. The van der Waals surface area contributed by atoms with Crippen LogP contribution in [0.25, 0.3) is 0 Å². The van der Waals surface area contributed by atoms with Crippen molar-refractivity contribution in [1.29, 1.82) is 5.26 Å². The molecule has 1 N–H and O–H groups in total. The zero-order chi connectivity index (χ0) is 11.7. The maximum absolute atomic E-state index is 9.43. The van der Waals surface area contributed by atoms with Crippen LogP contribution in [0.3, 0.4) is 0 Å². The Morgan fingerprint density at radius 3 is 3.12 bits per heavy atom. The summed E-state index contributed by atoms with van der Waals surface area (Å²) in [5.41, 5.74) is -0.313. The Bertz CT molecular complexity index is 418. The first-order valence-electron chi connectivity index (χ1n) is 6.24. The van der Waals surface area contributed by atoms with Gasteiger partial charge in [-0.2, -0.15) is 5.26 Å². The van der Waals surface area contributed by atoms with E-state index in [9.17, 15) is 5.26 Å². The molecule has 1 unspecified atom stereocenters. The lowest BCUT2D eigenvalue weighted by Crippen LogP contribution is -2.46. The minimum Gasteiger partial charge on any atom is -0.297 e. The van der Waals surface area contributed by atoms with Gasteiger partial charge < -0.3 is 0 Å². The fraction of sp³-hybridized carbons (Fsp3) is 0.615. The monoisotopic (exact) mass is 247 g/mol. The van der Waals surface area contributed by atoms with Crippen molar-refractivity contribution in [2.45, 2.75) is 37.4 Å². The molecule has 0 aromatic carbocycles. The van der Waals surface area contributed by atoms with E-state index in [1.807, 2.05) is 0 Å².